The molecule has 0 spiro atoms. The van der Waals surface area contributed by atoms with Gasteiger partial charge in [0, 0.05) is 26.2 Å². The smallest absolute Gasteiger partial charge is 0.271 e. The van der Waals surface area contributed by atoms with Crippen LogP contribution >= 0.6 is 11.7 Å². The molecule has 0 saturated carbocycles. The van der Waals surface area contributed by atoms with E-state index in [1.807, 2.05) is 18.2 Å². The van der Waals surface area contributed by atoms with Crippen LogP contribution in [0.5, 0.6) is 5.88 Å². The first kappa shape index (κ1) is 13.3. The molecule has 0 atom stereocenters. The average Bonchev–Trinajstić information content (AvgIpc) is 2.95. The van der Waals surface area contributed by atoms with Gasteiger partial charge in [0.1, 0.15) is 6.61 Å². The Morgan fingerprint density at radius 1 is 1.10 bits per heavy atom. The van der Waals surface area contributed by atoms with Crippen LogP contribution < -0.4 is 9.64 Å². The van der Waals surface area contributed by atoms with Crippen LogP contribution in [0.1, 0.15) is 5.56 Å². The number of anilines is 1. The summed E-state index contributed by atoms with van der Waals surface area (Å²) in [5.74, 6) is 1.54. The Kier molecular flexibility index (Phi) is 4.13. The van der Waals surface area contributed by atoms with E-state index in [4.69, 9.17) is 4.74 Å². The topological polar surface area (TPSA) is 41.5 Å². The zero-order chi connectivity index (χ0) is 13.8. The molecule has 1 aliphatic rings. The molecule has 0 aliphatic carbocycles. The molecule has 1 aromatic heterocycles. The Bertz CT molecular complexity index is 537. The van der Waals surface area contributed by atoms with Gasteiger partial charge in [-0.05, 0) is 12.6 Å². The van der Waals surface area contributed by atoms with E-state index in [9.17, 15) is 0 Å². The van der Waals surface area contributed by atoms with Gasteiger partial charge in [-0.1, -0.05) is 30.3 Å². The number of rotatable bonds is 4. The third kappa shape index (κ3) is 3.08. The maximum absolute atomic E-state index is 5.82. The summed E-state index contributed by atoms with van der Waals surface area (Å²) in [5.41, 5.74) is 1.14. The average molecular weight is 290 g/mol. The van der Waals surface area contributed by atoms with E-state index >= 15 is 0 Å². The number of likely N-dealkylation sites (N-methyl/N-ethyl adjacent to an activating group) is 1. The van der Waals surface area contributed by atoms with Crippen molar-refractivity contribution in [1.29, 1.82) is 0 Å². The fourth-order valence-electron chi connectivity index (χ4n) is 2.20. The number of aromatic nitrogens is 2. The molecule has 106 valence electrons. The van der Waals surface area contributed by atoms with Crippen molar-refractivity contribution in [3.8, 4) is 5.88 Å². The van der Waals surface area contributed by atoms with Crippen LogP contribution in [0.4, 0.5) is 5.82 Å². The van der Waals surface area contributed by atoms with E-state index in [0.717, 1.165) is 37.6 Å². The van der Waals surface area contributed by atoms with Crippen LogP contribution in [-0.4, -0.2) is 46.9 Å². The minimum Gasteiger partial charge on any atom is -0.470 e. The largest absolute Gasteiger partial charge is 0.470 e. The molecule has 0 N–H and O–H groups in total. The SMILES string of the molecule is CN1CCN(c2nsnc2OCc2ccccc2)CC1. The highest BCUT2D eigenvalue weighted by Crippen LogP contribution is 2.27. The van der Waals surface area contributed by atoms with Gasteiger partial charge in [0.2, 0.25) is 5.82 Å². The Morgan fingerprint density at radius 2 is 1.85 bits per heavy atom. The quantitative estimate of drug-likeness (QED) is 0.860. The zero-order valence-corrected chi connectivity index (χ0v) is 12.3. The van der Waals surface area contributed by atoms with Crippen molar-refractivity contribution in [2.24, 2.45) is 0 Å². The zero-order valence-electron chi connectivity index (χ0n) is 11.5. The van der Waals surface area contributed by atoms with Crippen molar-refractivity contribution in [3.63, 3.8) is 0 Å². The van der Waals surface area contributed by atoms with Gasteiger partial charge in [0.15, 0.2) is 0 Å². The molecule has 1 aromatic carbocycles. The molecular formula is C14H18N4OS. The molecule has 20 heavy (non-hydrogen) atoms. The third-order valence-corrected chi connectivity index (χ3v) is 3.97. The van der Waals surface area contributed by atoms with Crippen LogP contribution in [-0.2, 0) is 6.61 Å². The lowest BCUT2D eigenvalue weighted by Gasteiger charge is -2.32. The van der Waals surface area contributed by atoms with Crippen LogP contribution in [0.3, 0.4) is 0 Å². The van der Waals surface area contributed by atoms with E-state index in [2.05, 4.69) is 37.7 Å². The van der Waals surface area contributed by atoms with Crippen molar-refractivity contribution in [2.45, 2.75) is 6.61 Å². The highest BCUT2D eigenvalue weighted by atomic mass is 32.1. The minimum absolute atomic E-state index is 0.535. The highest BCUT2D eigenvalue weighted by molar-refractivity contribution is 6.99. The van der Waals surface area contributed by atoms with Gasteiger partial charge >= 0.3 is 0 Å². The molecule has 1 saturated heterocycles. The Morgan fingerprint density at radius 3 is 2.60 bits per heavy atom. The first-order valence-electron chi connectivity index (χ1n) is 6.76. The van der Waals surface area contributed by atoms with Crippen molar-refractivity contribution in [2.75, 3.05) is 38.1 Å². The summed E-state index contributed by atoms with van der Waals surface area (Å²) in [5, 5.41) is 0. The Balaban J connectivity index is 1.64. The molecule has 1 aliphatic heterocycles. The van der Waals surface area contributed by atoms with Gasteiger partial charge in [-0.3, -0.25) is 0 Å². The normalized spacial score (nSPS) is 16.4. The monoisotopic (exact) mass is 290 g/mol. The van der Waals surface area contributed by atoms with Gasteiger partial charge < -0.3 is 14.5 Å². The lowest BCUT2D eigenvalue weighted by molar-refractivity contribution is 0.289. The molecule has 0 radical (unpaired) electrons. The number of hydrogen-bond acceptors (Lipinski definition) is 6. The molecule has 0 unspecified atom stereocenters. The van der Waals surface area contributed by atoms with Crippen LogP contribution in [0, 0.1) is 0 Å². The first-order chi connectivity index (χ1) is 9.83. The molecule has 0 amide bonds. The molecule has 0 bridgehead atoms. The summed E-state index contributed by atoms with van der Waals surface area (Å²) >= 11 is 1.22. The lowest BCUT2D eigenvalue weighted by atomic mass is 10.2. The second kappa shape index (κ2) is 6.19. The fraction of sp³-hybridized carbons (Fsp3) is 0.429. The second-order valence-corrected chi connectivity index (χ2v) is 5.49. The molecule has 2 heterocycles. The number of hydrogen-bond donors (Lipinski definition) is 0. The molecule has 2 aromatic rings. The van der Waals surface area contributed by atoms with Crippen molar-refractivity contribution in [1.82, 2.24) is 13.6 Å². The van der Waals surface area contributed by atoms with E-state index in [1.165, 1.54) is 11.7 Å². The van der Waals surface area contributed by atoms with Crippen LogP contribution in [0.2, 0.25) is 0 Å². The molecule has 6 heteroatoms. The standard InChI is InChI=1S/C14H18N4OS/c1-17-7-9-18(10-8-17)13-14(16-20-15-13)19-11-12-5-3-2-4-6-12/h2-6H,7-11H2,1H3. The van der Waals surface area contributed by atoms with Crippen molar-refractivity contribution in [3.05, 3.63) is 35.9 Å². The summed E-state index contributed by atoms with van der Waals surface area (Å²) in [6.07, 6.45) is 0. The summed E-state index contributed by atoms with van der Waals surface area (Å²) < 4.78 is 14.5. The second-order valence-electron chi connectivity index (χ2n) is 4.96. The Hall–Kier alpha value is -1.66. The van der Waals surface area contributed by atoms with Gasteiger partial charge in [0.25, 0.3) is 5.88 Å². The molecule has 3 rings (SSSR count). The first-order valence-corrected chi connectivity index (χ1v) is 7.49. The van der Waals surface area contributed by atoms with Gasteiger partial charge in [0.05, 0.1) is 11.7 Å². The predicted octanol–water partition coefficient (Wildman–Crippen LogP) is 1.87. The molecular weight excluding hydrogens is 272 g/mol. The van der Waals surface area contributed by atoms with E-state index in [0.29, 0.717) is 12.5 Å². The molecule has 1 fully saturated rings. The summed E-state index contributed by atoms with van der Waals surface area (Å²) in [6.45, 7) is 4.59. The van der Waals surface area contributed by atoms with E-state index < -0.39 is 0 Å². The van der Waals surface area contributed by atoms with Crippen LogP contribution in [0.15, 0.2) is 30.3 Å². The van der Waals surface area contributed by atoms with Crippen molar-refractivity contribution < 1.29 is 4.74 Å². The van der Waals surface area contributed by atoms with Gasteiger partial charge in [-0.25, -0.2) is 0 Å². The number of benzene rings is 1. The maximum Gasteiger partial charge on any atom is 0.271 e. The van der Waals surface area contributed by atoms with Gasteiger partial charge in [-0.15, -0.1) is 4.37 Å². The van der Waals surface area contributed by atoms with Crippen molar-refractivity contribution >= 4 is 17.5 Å². The van der Waals surface area contributed by atoms with Gasteiger partial charge in [-0.2, -0.15) is 4.37 Å². The van der Waals surface area contributed by atoms with E-state index in [1.54, 1.807) is 0 Å². The summed E-state index contributed by atoms with van der Waals surface area (Å²) in [7, 11) is 2.14. The fourth-order valence-corrected chi connectivity index (χ4v) is 2.72. The predicted molar refractivity (Wildman–Crippen MR) is 80.4 cm³/mol. The highest BCUT2D eigenvalue weighted by Gasteiger charge is 2.21. The maximum atomic E-state index is 5.82. The van der Waals surface area contributed by atoms with E-state index in [-0.39, 0.29) is 0 Å². The summed E-state index contributed by atoms with van der Waals surface area (Å²) in [4.78, 5) is 4.57. The number of nitrogens with zero attached hydrogens (tertiary/aromatic N) is 4. The third-order valence-electron chi connectivity index (χ3n) is 3.46. The summed E-state index contributed by atoms with van der Waals surface area (Å²) in [6, 6.07) is 10.1. The van der Waals surface area contributed by atoms with Crippen LogP contribution in [0.25, 0.3) is 0 Å². The lowest BCUT2D eigenvalue weighted by Crippen LogP contribution is -2.44. The molecule has 5 nitrogen and oxygen atoms in total. The Labute approximate surface area is 123 Å². The number of piperazine rings is 1. The number of ether oxygens (including phenoxy) is 1. The minimum atomic E-state index is 0.535.